The lowest BCUT2D eigenvalue weighted by molar-refractivity contribution is 0.0979. The van der Waals surface area contributed by atoms with E-state index in [1.54, 1.807) is 24.3 Å². The third kappa shape index (κ3) is 2.59. The van der Waals surface area contributed by atoms with Crippen LogP contribution in [0.2, 0.25) is 0 Å². The fourth-order valence-corrected chi connectivity index (χ4v) is 3.05. The number of nitrogens with one attached hydrogen (secondary N) is 1. The van der Waals surface area contributed by atoms with E-state index >= 15 is 0 Å². The van der Waals surface area contributed by atoms with Crippen LogP contribution in [0.5, 0.6) is 5.88 Å². The molecule has 28 heavy (non-hydrogen) atoms. The summed E-state index contributed by atoms with van der Waals surface area (Å²) in [7, 11) is 1.30. The number of fused-ring (bicyclic) bond motifs is 2. The van der Waals surface area contributed by atoms with Gasteiger partial charge in [-0.05, 0) is 18.2 Å². The Kier molecular flexibility index (Phi) is 3.89. The lowest BCUT2D eigenvalue weighted by Crippen LogP contribution is -2.30. The fourth-order valence-electron chi connectivity index (χ4n) is 3.05. The minimum absolute atomic E-state index is 0.201. The molecule has 138 valence electrons. The van der Waals surface area contributed by atoms with Crippen molar-refractivity contribution in [1.29, 1.82) is 0 Å². The number of aromatic nitrogens is 2. The molecule has 2 N–H and O–H groups in total. The Morgan fingerprint density at radius 2 is 1.54 bits per heavy atom. The van der Waals surface area contributed by atoms with Crippen LogP contribution in [0.3, 0.4) is 0 Å². The zero-order valence-corrected chi connectivity index (χ0v) is 14.6. The molecule has 0 saturated heterocycles. The van der Waals surface area contributed by atoms with Gasteiger partial charge in [-0.1, -0.05) is 24.3 Å². The van der Waals surface area contributed by atoms with E-state index in [0.717, 1.165) is 10.8 Å². The predicted octanol–water partition coefficient (Wildman–Crippen LogP) is 1.31. The lowest BCUT2D eigenvalue weighted by atomic mass is 9.84. The molecule has 0 bridgehead atoms. The van der Waals surface area contributed by atoms with Crippen molar-refractivity contribution in [1.82, 2.24) is 9.55 Å². The van der Waals surface area contributed by atoms with Gasteiger partial charge in [0.2, 0.25) is 5.88 Å². The number of carbonyl (C=O) groups is 2. The van der Waals surface area contributed by atoms with E-state index in [1.165, 1.54) is 25.2 Å². The fraction of sp³-hybridized carbons (Fsp3) is 0.0500. The third-order valence-corrected chi connectivity index (χ3v) is 4.58. The van der Waals surface area contributed by atoms with Crippen LogP contribution in [0.4, 0.5) is 5.69 Å². The largest absolute Gasteiger partial charge is 0.494 e. The first-order valence-electron chi connectivity index (χ1n) is 8.27. The van der Waals surface area contributed by atoms with Crippen LogP contribution in [-0.2, 0) is 7.05 Å². The molecule has 0 unspecified atom stereocenters. The van der Waals surface area contributed by atoms with Gasteiger partial charge < -0.3 is 5.11 Å². The molecule has 1 heterocycles. The summed E-state index contributed by atoms with van der Waals surface area (Å²) >= 11 is 0. The summed E-state index contributed by atoms with van der Waals surface area (Å²) in [5, 5.41) is 9.97. The van der Waals surface area contributed by atoms with Crippen LogP contribution in [0, 0.1) is 0 Å². The minimum atomic E-state index is -0.789. The first kappa shape index (κ1) is 17.3. The number of aromatic amines is 1. The molecule has 4 rings (SSSR count). The molecule has 3 aromatic rings. The van der Waals surface area contributed by atoms with Crippen LogP contribution >= 0.6 is 0 Å². The Balaban J connectivity index is 1.77. The van der Waals surface area contributed by atoms with Gasteiger partial charge >= 0.3 is 5.69 Å². The zero-order valence-electron chi connectivity index (χ0n) is 14.6. The van der Waals surface area contributed by atoms with Crippen LogP contribution in [0.1, 0.15) is 37.4 Å². The molecule has 1 aliphatic carbocycles. The first-order valence-corrected chi connectivity index (χ1v) is 8.27. The molecule has 0 amide bonds. The Hall–Kier alpha value is -4.07. The predicted molar refractivity (Wildman–Crippen MR) is 101 cm³/mol. The van der Waals surface area contributed by atoms with Gasteiger partial charge in [-0.25, -0.2) is 4.79 Å². The molecular formula is C20H13N3O5. The van der Waals surface area contributed by atoms with Crippen molar-refractivity contribution < 1.29 is 14.7 Å². The first-order chi connectivity index (χ1) is 13.4. The SMILES string of the molecule is Cn1c(O)c(C=Nc2ccc3c(c2)C(=O)c2ccccc2C3=O)c(=O)[nH]c1=O. The highest BCUT2D eigenvalue weighted by molar-refractivity contribution is 6.28. The topological polar surface area (TPSA) is 122 Å². The molecule has 0 radical (unpaired) electrons. The standard InChI is InChI=1S/C20H13N3O5/c1-23-19(27)15(18(26)22-20(23)28)9-21-10-6-7-13-14(8-10)17(25)12-5-3-2-4-11(12)16(13)24/h2-9,27H,1H3,(H,22,26,28). The summed E-state index contributed by atoms with van der Waals surface area (Å²) in [5.41, 5.74) is -0.244. The summed E-state index contributed by atoms with van der Waals surface area (Å²) in [6.07, 6.45) is 1.10. The van der Waals surface area contributed by atoms with Crippen molar-refractivity contribution >= 4 is 23.5 Å². The molecule has 0 saturated carbocycles. The van der Waals surface area contributed by atoms with E-state index in [-0.39, 0.29) is 28.3 Å². The van der Waals surface area contributed by atoms with Crippen LogP contribution in [-0.4, -0.2) is 32.4 Å². The molecule has 1 aromatic heterocycles. The summed E-state index contributed by atoms with van der Waals surface area (Å²) in [6.45, 7) is 0. The van der Waals surface area contributed by atoms with Gasteiger partial charge in [0, 0.05) is 35.5 Å². The Morgan fingerprint density at radius 1 is 0.929 bits per heavy atom. The maximum absolute atomic E-state index is 12.7. The Labute approximate surface area is 157 Å². The quantitative estimate of drug-likeness (QED) is 0.512. The van der Waals surface area contributed by atoms with Gasteiger partial charge in [0.15, 0.2) is 11.6 Å². The second kappa shape index (κ2) is 6.27. The zero-order chi connectivity index (χ0) is 20.0. The highest BCUT2D eigenvalue weighted by Gasteiger charge is 2.29. The smallest absolute Gasteiger partial charge is 0.330 e. The summed E-state index contributed by atoms with van der Waals surface area (Å²) < 4.78 is 0.870. The van der Waals surface area contributed by atoms with Gasteiger partial charge in [-0.3, -0.25) is 28.9 Å². The van der Waals surface area contributed by atoms with Crippen molar-refractivity contribution in [2.45, 2.75) is 0 Å². The molecule has 8 heteroatoms. The number of H-pyrrole nitrogens is 1. The Morgan fingerprint density at radius 3 is 2.21 bits per heavy atom. The van der Waals surface area contributed by atoms with Crippen molar-refractivity contribution in [2.75, 3.05) is 0 Å². The average molecular weight is 375 g/mol. The number of hydrogen-bond acceptors (Lipinski definition) is 6. The maximum atomic E-state index is 12.7. The number of benzene rings is 2. The number of rotatable bonds is 2. The highest BCUT2D eigenvalue weighted by Crippen LogP contribution is 2.29. The highest BCUT2D eigenvalue weighted by atomic mass is 16.3. The molecule has 1 aliphatic rings. The van der Waals surface area contributed by atoms with E-state index in [1.807, 2.05) is 0 Å². The number of carbonyl (C=O) groups excluding carboxylic acids is 2. The molecule has 0 aliphatic heterocycles. The van der Waals surface area contributed by atoms with Crippen molar-refractivity contribution in [3.8, 4) is 5.88 Å². The molecule has 8 nitrogen and oxygen atoms in total. The number of aliphatic imine (C=N–C) groups is 1. The van der Waals surface area contributed by atoms with Gasteiger partial charge in [-0.2, -0.15) is 0 Å². The number of hydrogen-bond donors (Lipinski definition) is 2. The summed E-state index contributed by atoms with van der Waals surface area (Å²) in [4.78, 5) is 54.8. The normalized spacial score (nSPS) is 12.9. The van der Waals surface area contributed by atoms with Gasteiger partial charge in [0.1, 0.15) is 5.56 Å². The van der Waals surface area contributed by atoms with Crippen LogP contribution in [0.15, 0.2) is 57.0 Å². The summed E-state index contributed by atoms with van der Waals surface area (Å²) in [5.74, 6) is -1.06. The third-order valence-electron chi connectivity index (χ3n) is 4.58. The number of aromatic hydroxyl groups is 1. The van der Waals surface area contributed by atoms with Crippen molar-refractivity contribution in [2.24, 2.45) is 12.0 Å². The molecule has 0 atom stereocenters. The second-order valence-corrected chi connectivity index (χ2v) is 6.25. The molecule has 0 fully saturated rings. The van der Waals surface area contributed by atoms with E-state index in [9.17, 15) is 24.3 Å². The van der Waals surface area contributed by atoms with Gasteiger partial charge in [0.25, 0.3) is 5.56 Å². The van der Waals surface area contributed by atoms with Gasteiger partial charge in [-0.15, -0.1) is 0 Å². The molecule has 2 aromatic carbocycles. The second-order valence-electron chi connectivity index (χ2n) is 6.25. The molecule has 0 spiro atoms. The van der Waals surface area contributed by atoms with E-state index in [4.69, 9.17) is 0 Å². The average Bonchev–Trinajstić information content (AvgIpc) is 2.70. The molecular weight excluding hydrogens is 362 g/mol. The minimum Gasteiger partial charge on any atom is -0.494 e. The monoisotopic (exact) mass is 375 g/mol. The van der Waals surface area contributed by atoms with Gasteiger partial charge in [0.05, 0.1) is 5.69 Å². The summed E-state index contributed by atoms with van der Waals surface area (Å²) in [6, 6.07) is 11.1. The number of nitrogens with zero attached hydrogens (tertiary/aromatic N) is 2. The van der Waals surface area contributed by atoms with E-state index in [0.29, 0.717) is 16.8 Å². The Bertz CT molecular complexity index is 1310. The van der Waals surface area contributed by atoms with E-state index < -0.39 is 17.1 Å². The van der Waals surface area contributed by atoms with Crippen LogP contribution < -0.4 is 11.2 Å². The van der Waals surface area contributed by atoms with Crippen molar-refractivity contribution in [3.05, 3.63) is 91.1 Å². The van der Waals surface area contributed by atoms with Crippen molar-refractivity contribution in [3.63, 3.8) is 0 Å². The lowest BCUT2D eigenvalue weighted by Gasteiger charge is -2.17. The van der Waals surface area contributed by atoms with Crippen LogP contribution in [0.25, 0.3) is 0 Å². The maximum Gasteiger partial charge on any atom is 0.330 e. The van der Waals surface area contributed by atoms with E-state index in [2.05, 4.69) is 9.98 Å². The number of ketones is 2.